The van der Waals surface area contributed by atoms with Crippen molar-refractivity contribution in [1.82, 2.24) is 14.5 Å². The summed E-state index contributed by atoms with van der Waals surface area (Å²) in [7, 11) is 0. The Morgan fingerprint density at radius 1 is 1.18 bits per heavy atom. The summed E-state index contributed by atoms with van der Waals surface area (Å²) >= 11 is 1.55. The van der Waals surface area contributed by atoms with Crippen LogP contribution in [-0.4, -0.2) is 14.5 Å². The van der Waals surface area contributed by atoms with E-state index in [1.54, 1.807) is 22.1 Å². The van der Waals surface area contributed by atoms with E-state index < -0.39 is 0 Å². The van der Waals surface area contributed by atoms with Gasteiger partial charge in [-0.2, -0.15) is 0 Å². The Kier molecular flexibility index (Phi) is 2.38. The van der Waals surface area contributed by atoms with Crippen molar-refractivity contribution in [3.8, 4) is 16.4 Å². The maximum absolute atomic E-state index is 5.74. The summed E-state index contributed by atoms with van der Waals surface area (Å²) in [4.78, 5) is 8.53. The van der Waals surface area contributed by atoms with Gasteiger partial charge in [-0.15, -0.1) is 11.3 Å². The number of hydrogen-bond donors (Lipinski definition) is 1. The standard InChI is InChI=1S/C12H10N4S/c13-11-14-6-7-16(11)12-15-10(8-17-12)9-4-2-1-3-5-9/h1-8H,(H2,13,14). The number of nitrogen functional groups attached to an aromatic ring is 1. The predicted molar refractivity (Wildman–Crippen MR) is 69.1 cm³/mol. The van der Waals surface area contributed by atoms with Crippen LogP contribution in [0.3, 0.4) is 0 Å². The van der Waals surface area contributed by atoms with E-state index in [0.717, 1.165) is 16.4 Å². The van der Waals surface area contributed by atoms with E-state index in [1.807, 2.05) is 41.9 Å². The largest absolute Gasteiger partial charge is 0.369 e. The number of anilines is 1. The van der Waals surface area contributed by atoms with Crippen molar-refractivity contribution in [2.75, 3.05) is 5.73 Å². The first-order valence-corrected chi connectivity index (χ1v) is 6.03. The van der Waals surface area contributed by atoms with E-state index in [9.17, 15) is 0 Å². The van der Waals surface area contributed by atoms with Gasteiger partial charge in [0.2, 0.25) is 5.95 Å². The van der Waals surface area contributed by atoms with Crippen LogP contribution in [0.4, 0.5) is 5.95 Å². The molecule has 0 amide bonds. The lowest BCUT2D eigenvalue weighted by Crippen LogP contribution is -1.98. The molecule has 5 heteroatoms. The zero-order chi connectivity index (χ0) is 11.7. The van der Waals surface area contributed by atoms with Gasteiger partial charge in [0, 0.05) is 23.3 Å². The minimum Gasteiger partial charge on any atom is -0.369 e. The third-order valence-electron chi connectivity index (χ3n) is 2.44. The minimum absolute atomic E-state index is 0.457. The van der Waals surface area contributed by atoms with Crippen LogP contribution in [0.5, 0.6) is 0 Å². The number of hydrogen-bond acceptors (Lipinski definition) is 4. The Bertz CT molecular complexity index is 627. The second kappa shape index (κ2) is 4.03. The molecule has 0 atom stereocenters. The van der Waals surface area contributed by atoms with Crippen molar-refractivity contribution in [2.24, 2.45) is 0 Å². The fourth-order valence-electron chi connectivity index (χ4n) is 1.59. The highest BCUT2D eigenvalue weighted by Crippen LogP contribution is 2.24. The maximum Gasteiger partial charge on any atom is 0.206 e. The van der Waals surface area contributed by atoms with E-state index in [1.165, 1.54) is 0 Å². The first-order chi connectivity index (χ1) is 8.34. The smallest absolute Gasteiger partial charge is 0.206 e. The van der Waals surface area contributed by atoms with Gasteiger partial charge < -0.3 is 5.73 Å². The van der Waals surface area contributed by atoms with Crippen molar-refractivity contribution in [3.63, 3.8) is 0 Å². The molecule has 2 N–H and O–H groups in total. The van der Waals surface area contributed by atoms with E-state index in [4.69, 9.17) is 5.73 Å². The summed E-state index contributed by atoms with van der Waals surface area (Å²) in [6, 6.07) is 10.1. The Balaban J connectivity index is 2.02. The Labute approximate surface area is 102 Å². The third kappa shape index (κ3) is 1.81. The molecule has 0 radical (unpaired) electrons. The lowest BCUT2D eigenvalue weighted by atomic mass is 10.2. The van der Waals surface area contributed by atoms with Crippen LogP contribution in [-0.2, 0) is 0 Å². The van der Waals surface area contributed by atoms with Crippen molar-refractivity contribution >= 4 is 17.3 Å². The average Bonchev–Trinajstić information content (AvgIpc) is 2.98. The van der Waals surface area contributed by atoms with Crippen LogP contribution in [0.25, 0.3) is 16.4 Å². The van der Waals surface area contributed by atoms with Gasteiger partial charge in [0.1, 0.15) is 0 Å². The van der Waals surface area contributed by atoms with Crippen molar-refractivity contribution in [3.05, 3.63) is 48.1 Å². The second-order valence-corrected chi connectivity index (χ2v) is 4.37. The second-order valence-electron chi connectivity index (χ2n) is 3.54. The molecule has 0 saturated heterocycles. The SMILES string of the molecule is Nc1nccn1-c1nc(-c2ccccc2)cs1. The Morgan fingerprint density at radius 3 is 2.71 bits per heavy atom. The van der Waals surface area contributed by atoms with Crippen LogP contribution in [0.15, 0.2) is 48.1 Å². The van der Waals surface area contributed by atoms with E-state index >= 15 is 0 Å². The lowest BCUT2D eigenvalue weighted by Gasteiger charge is -1.98. The van der Waals surface area contributed by atoms with Gasteiger partial charge in [0.25, 0.3) is 0 Å². The predicted octanol–water partition coefficient (Wildman–Crippen LogP) is 2.58. The molecule has 3 aromatic rings. The van der Waals surface area contributed by atoms with Gasteiger partial charge in [-0.25, -0.2) is 9.97 Å². The monoisotopic (exact) mass is 242 g/mol. The van der Waals surface area contributed by atoms with Crippen LogP contribution in [0, 0.1) is 0 Å². The van der Waals surface area contributed by atoms with Gasteiger partial charge in [0.05, 0.1) is 5.69 Å². The highest BCUT2D eigenvalue weighted by molar-refractivity contribution is 7.12. The number of rotatable bonds is 2. The minimum atomic E-state index is 0.457. The number of thiazole rings is 1. The number of nitrogens with two attached hydrogens (primary N) is 1. The van der Waals surface area contributed by atoms with Gasteiger partial charge >= 0.3 is 0 Å². The van der Waals surface area contributed by atoms with E-state index in [2.05, 4.69) is 9.97 Å². The van der Waals surface area contributed by atoms with Crippen molar-refractivity contribution in [2.45, 2.75) is 0 Å². The van der Waals surface area contributed by atoms with Crippen LogP contribution in [0.1, 0.15) is 0 Å². The summed E-state index contributed by atoms with van der Waals surface area (Å²) in [5, 5.41) is 2.85. The molecule has 0 aliphatic carbocycles. The molecular weight excluding hydrogens is 232 g/mol. The van der Waals surface area contributed by atoms with E-state index in [-0.39, 0.29) is 0 Å². The molecule has 2 heterocycles. The molecule has 17 heavy (non-hydrogen) atoms. The number of imidazole rings is 1. The molecule has 3 rings (SSSR count). The molecule has 0 aliphatic heterocycles. The quantitative estimate of drug-likeness (QED) is 0.751. The summed E-state index contributed by atoms with van der Waals surface area (Å²) in [6.07, 6.45) is 3.47. The maximum atomic E-state index is 5.74. The van der Waals surface area contributed by atoms with Crippen molar-refractivity contribution in [1.29, 1.82) is 0 Å². The summed E-state index contributed by atoms with van der Waals surface area (Å²) in [5.41, 5.74) is 7.80. The highest BCUT2D eigenvalue weighted by Gasteiger charge is 2.07. The van der Waals surface area contributed by atoms with E-state index in [0.29, 0.717) is 5.95 Å². The van der Waals surface area contributed by atoms with Gasteiger partial charge in [-0.1, -0.05) is 30.3 Å². The summed E-state index contributed by atoms with van der Waals surface area (Å²) < 4.78 is 1.77. The fraction of sp³-hybridized carbons (Fsp3) is 0. The van der Waals surface area contributed by atoms with Crippen LogP contribution in [0.2, 0.25) is 0 Å². The number of nitrogens with zero attached hydrogens (tertiary/aromatic N) is 3. The van der Waals surface area contributed by atoms with Crippen LogP contribution >= 0.6 is 11.3 Å². The number of aromatic nitrogens is 3. The molecule has 0 bridgehead atoms. The first-order valence-electron chi connectivity index (χ1n) is 5.15. The first kappa shape index (κ1) is 10.0. The van der Waals surface area contributed by atoms with Gasteiger partial charge in [0.15, 0.2) is 5.13 Å². The molecule has 2 aromatic heterocycles. The molecule has 1 aromatic carbocycles. The normalized spacial score (nSPS) is 10.6. The number of benzene rings is 1. The average molecular weight is 242 g/mol. The van der Waals surface area contributed by atoms with Crippen LogP contribution < -0.4 is 5.73 Å². The molecular formula is C12H10N4S. The van der Waals surface area contributed by atoms with Crippen molar-refractivity contribution < 1.29 is 0 Å². The lowest BCUT2D eigenvalue weighted by molar-refractivity contribution is 1.05. The Morgan fingerprint density at radius 2 is 2.00 bits per heavy atom. The zero-order valence-corrected chi connectivity index (χ0v) is 9.76. The molecule has 84 valence electrons. The zero-order valence-electron chi connectivity index (χ0n) is 8.95. The third-order valence-corrected chi connectivity index (χ3v) is 3.28. The van der Waals surface area contributed by atoms with Gasteiger partial charge in [-0.3, -0.25) is 4.57 Å². The molecule has 0 saturated carbocycles. The Hall–Kier alpha value is -2.14. The highest BCUT2D eigenvalue weighted by atomic mass is 32.1. The molecule has 0 fully saturated rings. The molecule has 0 spiro atoms. The van der Waals surface area contributed by atoms with Gasteiger partial charge in [-0.05, 0) is 0 Å². The topological polar surface area (TPSA) is 56.7 Å². The summed E-state index contributed by atoms with van der Waals surface area (Å²) in [5.74, 6) is 0.457. The fourth-order valence-corrected chi connectivity index (χ4v) is 2.42. The molecule has 0 unspecified atom stereocenters. The molecule has 4 nitrogen and oxygen atoms in total. The molecule has 0 aliphatic rings. The summed E-state index contributed by atoms with van der Waals surface area (Å²) in [6.45, 7) is 0.